The van der Waals surface area contributed by atoms with Crippen LogP contribution >= 0.6 is 0 Å². The SMILES string of the molecule is CCCNC(=O)C(Cc1ccccc1)N(Cc1ccc(C)cc1)C(=O)CCCN(c1ccc(F)c(F)c1)S(C)(=O)=O. The number of nitrogens with one attached hydrogen (secondary N) is 1. The lowest BCUT2D eigenvalue weighted by Crippen LogP contribution is -2.50. The molecule has 0 aliphatic carbocycles. The van der Waals surface area contributed by atoms with Crippen LogP contribution in [0, 0.1) is 18.6 Å². The van der Waals surface area contributed by atoms with Crippen LogP contribution in [0.2, 0.25) is 0 Å². The van der Waals surface area contributed by atoms with Crippen molar-refractivity contribution in [2.24, 2.45) is 0 Å². The Morgan fingerprint density at radius 3 is 2.22 bits per heavy atom. The first-order valence-corrected chi connectivity index (χ1v) is 15.4. The highest BCUT2D eigenvalue weighted by atomic mass is 32.2. The van der Waals surface area contributed by atoms with Crippen molar-refractivity contribution in [3.63, 3.8) is 0 Å². The maximum atomic E-state index is 13.9. The fraction of sp³-hybridized carbons (Fsp3) is 0.355. The zero-order chi connectivity index (χ0) is 30.0. The van der Waals surface area contributed by atoms with E-state index in [1.165, 1.54) is 6.07 Å². The molecular weight excluding hydrogens is 548 g/mol. The molecule has 3 rings (SSSR count). The van der Waals surface area contributed by atoms with E-state index >= 15 is 0 Å². The predicted molar refractivity (Wildman–Crippen MR) is 157 cm³/mol. The van der Waals surface area contributed by atoms with Gasteiger partial charge in [-0.3, -0.25) is 13.9 Å². The minimum atomic E-state index is -3.84. The number of amides is 2. The lowest BCUT2D eigenvalue weighted by atomic mass is 10.0. The molecule has 0 saturated carbocycles. The third kappa shape index (κ3) is 9.38. The number of carbonyl (C=O) groups is 2. The third-order valence-electron chi connectivity index (χ3n) is 6.64. The van der Waals surface area contributed by atoms with Crippen molar-refractivity contribution in [3.8, 4) is 0 Å². The monoisotopic (exact) mass is 585 g/mol. The Balaban J connectivity index is 1.87. The van der Waals surface area contributed by atoms with E-state index in [9.17, 15) is 26.8 Å². The summed E-state index contributed by atoms with van der Waals surface area (Å²) in [5.41, 5.74) is 2.78. The molecule has 0 heterocycles. The summed E-state index contributed by atoms with van der Waals surface area (Å²) in [5.74, 6) is -2.85. The van der Waals surface area contributed by atoms with Crippen molar-refractivity contribution in [2.45, 2.75) is 52.1 Å². The van der Waals surface area contributed by atoms with Crippen LogP contribution in [0.15, 0.2) is 72.8 Å². The Bertz CT molecular complexity index is 1420. The number of hydrogen-bond acceptors (Lipinski definition) is 4. The maximum Gasteiger partial charge on any atom is 0.243 e. The van der Waals surface area contributed by atoms with Crippen molar-refractivity contribution in [1.29, 1.82) is 0 Å². The molecule has 0 aromatic heterocycles. The van der Waals surface area contributed by atoms with E-state index in [0.29, 0.717) is 13.0 Å². The lowest BCUT2D eigenvalue weighted by Gasteiger charge is -2.32. The number of carbonyl (C=O) groups excluding carboxylic acids is 2. The number of hydrogen-bond donors (Lipinski definition) is 1. The number of nitrogens with zero attached hydrogens (tertiary/aromatic N) is 2. The Morgan fingerprint density at radius 1 is 0.927 bits per heavy atom. The van der Waals surface area contributed by atoms with Crippen LogP contribution in [0.1, 0.15) is 42.9 Å². The van der Waals surface area contributed by atoms with Gasteiger partial charge in [-0.2, -0.15) is 0 Å². The largest absolute Gasteiger partial charge is 0.354 e. The van der Waals surface area contributed by atoms with Gasteiger partial charge in [0.15, 0.2) is 11.6 Å². The Labute approximate surface area is 241 Å². The molecule has 10 heteroatoms. The first-order valence-electron chi connectivity index (χ1n) is 13.6. The first-order chi connectivity index (χ1) is 19.5. The van der Waals surface area contributed by atoms with E-state index in [1.54, 1.807) is 4.90 Å². The molecule has 0 spiro atoms. The van der Waals surface area contributed by atoms with Gasteiger partial charge in [0.05, 0.1) is 11.9 Å². The molecule has 1 N–H and O–H groups in total. The smallest absolute Gasteiger partial charge is 0.243 e. The summed E-state index contributed by atoms with van der Waals surface area (Å²) in [4.78, 5) is 28.7. The Hall–Kier alpha value is -3.79. The Kier molecular flexibility index (Phi) is 11.4. The summed E-state index contributed by atoms with van der Waals surface area (Å²) in [6, 6.07) is 19.2. The van der Waals surface area contributed by atoms with Gasteiger partial charge < -0.3 is 10.2 Å². The highest BCUT2D eigenvalue weighted by Crippen LogP contribution is 2.22. The third-order valence-corrected chi connectivity index (χ3v) is 7.83. The summed E-state index contributed by atoms with van der Waals surface area (Å²) in [6.45, 7) is 4.44. The lowest BCUT2D eigenvalue weighted by molar-refractivity contribution is -0.141. The van der Waals surface area contributed by atoms with Gasteiger partial charge in [0.1, 0.15) is 6.04 Å². The quantitative estimate of drug-likeness (QED) is 0.289. The fourth-order valence-electron chi connectivity index (χ4n) is 4.45. The van der Waals surface area contributed by atoms with Crippen molar-refractivity contribution in [3.05, 3.63) is 101 Å². The van der Waals surface area contributed by atoms with Crippen molar-refractivity contribution in [1.82, 2.24) is 10.2 Å². The number of halogens is 2. The number of anilines is 1. The van der Waals surface area contributed by atoms with Gasteiger partial charge in [0.2, 0.25) is 21.8 Å². The van der Waals surface area contributed by atoms with E-state index in [1.807, 2.05) is 68.4 Å². The van der Waals surface area contributed by atoms with Crippen molar-refractivity contribution >= 4 is 27.5 Å². The van der Waals surface area contributed by atoms with E-state index in [2.05, 4.69) is 5.32 Å². The molecule has 1 atom stereocenters. The van der Waals surface area contributed by atoms with Gasteiger partial charge >= 0.3 is 0 Å². The van der Waals surface area contributed by atoms with Gasteiger partial charge in [-0.25, -0.2) is 17.2 Å². The molecule has 3 aromatic rings. The van der Waals surface area contributed by atoms with E-state index in [0.717, 1.165) is 45.8 Å². The number of aryl methyl sites for hydroxylation is 1. The highest BCUT2D eigenvalue weighted by Gasteiger charge is 2.30. The van der Waals surface area contributed by atoms with Crippen molar-refractivity contribution < 1.29 is 26.8 Å². The summed E-state index contributed by atoms with van der Waals surface area (Å²) in [6.07, 6.45) is 2.05. The maximum absolute atomic E-state index is 13.9. The molecule has 1 unspecified atom stereocenters. The topological polar surface area (TPSA) is 86.8 Å². The zero-order valence-electron chi connectivity index (χ0n) is 23.6. The predicted octanol–water partition coefficient (Wildman–Crippen LogP) is 4.99. The van der Waals surface area contributed by atoms with Gasteiger partial charge in [-0.05, 0) is 43.0 Å². The number of rotatable bonds is 14. The normalized spacial score (nSPS) is 12.0. The summed E-state index contributed by atoms with van der Waals surface area (Å²) < 4.78 is 53.2. The van der Waals surface area contributed by atoms with Crippen LogP contribution in [-0.2, 0) is 32.6 Å². The van der Waals surface area contributed by atoms with Crippen LogP contribution in [0.3, 0.4) is 0 Å². The average Bonchev–Trinajstić information content (AvgIpc) is 2.94. The standard InChI is InChI=1S/C31H37F2N3O4S/c1-4-18-34-31(38)29(20-24-9-6-5-7-10-24)35(22-25-14-12-23(2)13-15-25)30(37)11-8-19-36(41(3,39)40)26-16-17-27(32)28(33)21-26/h5-7,9-10,12-17,21,29H,4,8,11,18-20,22H2,1-3H3,(H,34,38). The van der Waals surface area contributed by atoms with E-state index in [4.69, 9.17) is 0 Å². The van der Waals surface area contributed by atoms with Crippen LogP contribution in [0.4, 0.5) is 14.5 Å². The van der Waals surface area contributed by atoms with Gasteiger partial charge in [0, 0.05) is 38.5 Å². The number of benzene rings is 3. The minimum absolute atomic E-state index is 0.0312. The van der Waals surface area contributed by atoms with E-state index < -0.39 is 27.7 Å². The van der Waals surface area contributed by atoms with Crippen LogP contribution in [0.5, 0.6) is 0 Å². The molecule has 0 aliphatic rings. The second kappa shape index (κ2) is 14.7. The molecule has 0 bridgehead atoms. The molecule has 0 saturated heterocycles. The second-order valence-corrected chi connectivity index (χ2v) is 11.9. The van der Waals surface area contributed by atoms with Gasteiger partial charge in [-0.15, -0.1) is 0 Å². The summed E-state index contributed by atoms with van der Waals surface area (Å²) in [7, 11) is -3.84. The summed E-state index contributed by atoms with van der Waals surface area (Å²) >= 11 is 0. The van der Waals surface area contributed by atoms with E-state index in [-0.39, 0.29) is 43.4 Å². The molecule has 0 aliphatic heterocycles. The average molecular weight is 586 g/mol. The van der Waals surface area contributed by atoms with Gasteiger partial charge in [0.25, 0.3) is 0 Å². The molecule has 7 nitrogen and oxygen atoms in total. The molecule has 0 fully saturated rings. The van der Waals surface area contributed by atoms with Crippen LogP contribution in [-0.4, -0.2) is 50.5 Å². The molecule has 0 radical (unpaired) electrons. The minimum Gasteiger partial charge on any atom is -0.354 e. The van der Waals surface area contributed by atoms with Crippen LogP contribution in [0.25, 0.3) is 0 Å². The first kappa shape index (κ1) is 31.7. The highest BCUT2D eigenvalue weighted by molar-refractivity contribution is 7.92. The van der Waals surface area contributed by atoms with Crippen molar-refractivity contribution in [2.75, 3.05) is 23.7 Å². The zero-order valence-corrected chi connectivity index (χ0v) is 24.5. The molecular formula is C31H37F2N3O4S. The fourth-order valence-corrected chi connectivity index (χ4v) is 5.41. The molecule has 2 amide bonds. The molecule has 41 heavy (non-hydrogen) atoms. The van der Waals surface area contributed by atoms with Gasteiger partial charge in [-0.1, -0.05) is 67.1 Å². The Morgan fingerprint density at radius 2 is 1.61 bits per heavy atom. The van der Waals surface area contributed by atoms with Crippen LogP contribution < -0.4 is 9.62 Å². The second-order valence-electron chi connectivity index (χ2n) is 10.0. The molecule has 3 aromatic carbocycles. The summed E-state index contributed by atoms with van der Waals surface area (Å²) in [5, 5.41) is 2.92. The number of sulfonamides is 1. The molecule has 220 valence electrons.